The fourth-order valence-electron chi connectivity index (χ4n) is 6.47. The predicted octanol–water partition coefficient (Wildman–Crippen LogP) is 6.89. The molecule has 3 aromatic carbocycles. The number of nitrogens with one attached hydrogen (secondary N) is 2. The molecule has 7 nitrogen and oxygen atoms in total. The Morgan fingerprint density at radius 2 is 1.68 bits per heavy atom. The summed E-state index contributed by atoms with van der Waals surface area (Å²) in [6, 6.07) is 25.1. The van der Waals surface area contributed by atoms with Crippen molar-refractivity contribution in [1.82, 2.24) is 15.5 Å². The molecule has 1 aliphatic carbocycles. The number of hydrogen-bond donors (Lipinski definition) is 3. The molecule has 7 heteroatoms. The minimum absolute atomic E-state index is 0.0214. The van der Waals surface area contributed by atoms with Crippen molar-refractivity contribution >= 4 is 6.03 Å². The van der Waals surface area contributed by atoms with E-state index < -0.39 is 6.29 Å². The Balaban J connectivity index is 1.36. The summed E-state index contributed by atoms with van der Waals surface area (Å²) >= 11 is 0. The van der Waals surface area contributed by atoms with Gasteiger partial charge < -0.3 is 25.2 Å². The van der Waals surface area contributed by atoms with Gasteiger partial charge in [0.25, 0.3) is 0 Å². The first kappa shape index (κ1) is 31.9. The summed E-state index contributed by atoms with van der Waals surface area (Å²) in [5.41, 5.74) is 6.17. The Kier molecular flexibility index (Phi) is 11.2. The van der Waals surface area contributed by atoms with Crippen LogP contribution in [0.5, 0.6) is 0 Å². The summed E-state index contributed by atoms with van der Waals surface area (Å²) in [5, 5.41) is 15.2. The van der Waals surface area contributed by atoms with Crippen molar-refractivity contribution in [3.05, 3.63) is 108 Å². The lowest BCUT2D eigenvalue weighted by Crippen LogP contribution is -2.47. The first-order valence-electron chi connectivity index (χ1n) is 16.1. The van der Waals surface area contributed by atoms with Crippen LogP contribution in [0.25, 0.3) is 11.1 Å². The highest BCUT2D eigenvalue weighted by Gasteiger charge is 2.40. The Bertz CT molecular complexity index is 1350. The van der Waals surface area contributed by atoms with E-state index in [4.69, 9.17) is 9.47 Å². The van der Waals surface area contributed by atoms with E-state index in [-0.39, 0.29) is 30.8 Å². The van der Waals surface area contributed by atoms with Gasteiger partial charge in [-0.25, -0.2) is 4.79 Å². The zero-order chi connectivity index (χ0) is 30.9. The number of nitrogens with zero attached hydrogens (tertiary/aromatic N) is 1. The molecule has 2 amide bonds. The molecule has 0 aromatic heterocycles. The van der Waals surface area contributed by atoms with Crippen LogP contribution < -0.4 is 10.6 Å². The largest absolute Gasteiger partial charge is 0.392 e. The van der Waals surface area contributed by atoms with Gasteiger partial charge in [-0.15, -0.1) is 6.58 Å². The number of benzene rings is 3. The van der Waals surface area contributed by atoms with Gasteiger partial charge in [-0.3, -0.25) is 4.90 Å². The normalized spacial score (nSPS) is 22.2. The van der Waals surface area contributed by atoms with Crippen molar-refractivity contribution < 1.29 is 19.4 Å². The third-order valence-electron chi connectivity index (χ3n) is 8.98. The summed E-state index contributed by atoms with van der Waals surface area (Å²) in [6.07, 6.45) is 6.36. The zero-order valence-electron chi connectivity index (χ0n) is 26.1. The van der Waals surface area contributed by atoms with Crippen LogP contribution in [-0.4, -0.2) is 47.8 Å². The molecule has 3 aromatic rings. The molecule has 0 spiro atoms. The molecule has 0 bridgehead atoms. The first-order valence-corrected chi connectivity index (χ1v) is 16.1. The lowest BCUT2D eigenvalue weighted by Gasteiger charge is -2.43. The fraction of sp³-hybridized carbons (Fsp3) is 0.432. The van der Waals surface area contributed by atoms with Crippen LogP contribution in [-0.2, 0) is 22.6 Å². The maximum absolute atomic E-state index is 11.8. The second-order valence-corrected chi connectivity index (χ2v) is 12.0. The van der Waals surface area contributed by atoms with E-state index in [9.17, 15) is 9.90 Å². The second-order valence-electron chi connectivity index (χ2n) is 12.0. The number of aliphatic hydroxyl groups excluding tert-OH is 1. The Morgan fingerprint density at radius 3 is 2.36 bits per heavy atom. The van der Waals surface area contributed by atoms with Gasteiger partial charge in [0.05, 0.1) is 18.8 Å². The van der Waals surface area contributed by atoms with Crippen LogP contribution in [0.3, 0.4) is 0 Å². The highest BCUT2D eigenvalue weighted by atomic mass is 16.7. The van der Waals surface area contributed by atoms with Crippen LogP contribution in [0.2, 0.25) is 0 Å². The van der Waals surface area contributed by atoms with Gasteiger partial charge in [0.2, 0.25) is 0 Å². The van der Waals surface area contributed by atoms with Crippen molar-refractivity contribution in [1.29, 1.82) is 0 Å². The van der Waals surface area contributed by atoms with Crippen LogP contribution in [0, 0.1) is 5.92 Å². The maximum atomic E-state index is 11.8. The summed E-state index contributed by atoms with van der Waals surface area (Å²) in [5.74, 6) is 0.134. The third kappa shape index (κ3) is 7.96. The molecule has 4 atom stereocenters. The molecule has 1 saturated heterocycles. The SMILES string of the molecule is C=CCN(CC1OC(c2ccc(-c3cccc(CNC(=O)NCC)c3)cc2)OC(c2ccc(CO)cc2)C1C)C1CCCC1. The summed E-state index contributed by atoms with van der Waals surface area (Å²) in [4.78, 5) is 14.4. The Morgan fingerprint density at radius 1 is 0.955 bits per heavy atom. The van der Waals surface area contributed by atoms with E-state index in [0.717, 1.165) is 46.5 Å². The first-order chi connectivity index (χ1) is 21.5. The van der Waals surface area contributed by atoms with Crippen LogP contribution in [0.15, 0.2) is 85.5 Å². The molecule has 234 valence electrons. The van der Waals surface area contributed by atoms with E-state index >= 15 is 0 Å². The Hall–Kier alpha value is -3.49. The van der Waals surface area contributed by atoms with Crippen molar-refractivity contribution in [2.75, 3.05) is 19.6 Å². The molecule has 5 rings (SSSR count). The number of hydrogen-bond acceptors (Lipinski definition) is 5. The number of rotatable bonds is 12. The molecule has 1 heterocycles. The van der Waals surface area contributed by atoms with Crippen molar-refractivity contribution in [3.63, 3.8) is 0 Å². The van der Waals surface area contributed by atoms with Crippen molar-refractivity contribution in [3.8, 4) is 11.1 Å². The highest BCUT2D eigenvalue weighted by molar-refractivity contribution is 5.73. The number of urea groups is 1. The Labute approximate surface area is 262 Å². The molecule has 2 fully saturated rings. The van der Waals surface area contributed by atoms with Gasteiger partial charge in [-0.05, 0) is 53.6 Å². The quantitative estimate of drug-likeness (QED) is 0.198. The molecule has 44 heavy (non-hydrogen) atoms. The molecule has 1 saturated carbocycles. The van der Waals surface area contributed by atoms with E-state index in [1.165, 1.54) is 25.7 Å². The van der Waals surface area contributed by atoms with E-state index in [0.29, 0.717) is 19.1 Å². The minimum Gasteiger partial charge on any atom is -0.392 e. The second kappa shape index (κ2) is 15.5. The lowest BCUT2D eigenvalue weighted by molar-refractivity contribution is -0.276. The van der Waals surface area contributed by atoms with Gasteiger partial charge in [-0.1, -0.05) is 92.6 Å². The lowest BCUT2D eigenvalue weighted by atomic mass is 9.89. The number of ether oxygens (including phenoxy) is 2. The van der Waals surface area contributed by atoms with E-state index in [1.54, 1.807) is 0 Å². The molecule has 0 radical (unpaired) electrons. The maximum Gasteiger partial charge on any atom is 0.315 e. The van der Waals surface area contributed by atoms with Gasteiger partial charge in [0.1, 0.15) is 0 Å². The smallest absolute Gasteiger partial charge is 0.315 e. The van der Waals surface area contributed by atoms with Gasteiger partial charge in [-0.2, -0.15) is 0 Å². The molecular formula is C37H47N3O4. The summed E-state index contributed by atoms with van der Waals surface area (Å²) in [6.45, 7) is 10.9. The van der Waals surface area contributed by atoms with E-state index in [1.807, 2.05) is 37.3 Å². The highest BCUT2D eigenvalue weighted by Crippen LogP contribution is 2.42. The molecule has 2 aliphatic rings. The topological polar surface area (TPSA) is 83.1 Å². The average Bonchev–Trinajstić information content (AvgIpc) is 3.60. The number of carbonyl (C=O) groups excluding carboxylic acids is 1. The zero-order valence-corrected chi connectivity index (χ0v) is 26.1. The van der Waals surface area contributed by atoms with Crippen LogP contribution in [0.1, 0.15) is 74.2 Å². The van der Waals surface area contributed by atoms with Crippen molar-refractivity contribution in [2.24, 2.45) is 5.92 Å². The van der Waals surface area contributed by atoms with Gasteiger partial charge >= 0.3 is 6.03 Å². The number of carbonyl (C=O) groups is 1. The van der Waals surface area contributed by atoms with Crippen LogP contribution in [0.4, 0.5) is 4.79 Å². The van der Waals surface area contributed by atoms with Crippen LogP contribution >= 0.6 is 0 Å². The van der Waals surface area contributed by atoms with Gasteiger partial charge in [0, 0.05) is 43.7 Å². The number of amides is 2. The third-order valence-corrected chi connectivity index (χ3v) is 8.98. The van der Waals surface area contributed by atoms with Gasteiger partial charge in [0.15, 0.2) is 6.29 Å². The minimum atomic E-state index is -0.505. The monoisotopic (exact) mass is 597 g/mol. The van der Waals surface area contributed by atoms with E-state index in [2.05, 4.69) is 77.6 Å². The molecule has 1 aliphatic heterocycles. The average molecular weight is 598 g/mol. The summed E-state index contributed by atoms with van der Waals surface area (Å²) in [7, 11) is 0. The molecule has 3 N–H and O–H groups in total. The number of aliphatic hydroxyl groups is 1. The molecular weight excluding hydrogens is 550 g/mol. The molecule has 4 unspecified atom stereocenters. The predicted molar refractivity (Wildman–Crippen MR) is 175 cm³/mol. The summed E-state index contributed by atoms with van der Waals surface area (Å²) < 4.78 is 13.5. The van der Waals surface area contributed by atoms with Crippen molar-refractivity contribution in [2.45, 2.75) is 77.2 Å². The fourth-order valence-corrected chi connectivity index (χ4v) is 6.47. The standard InChI is InChI=1S/C37H47N3O4/c1-4-21-40(33-11-6-7-12-33)24-34-26(3)35(30-15-13-27(25-41)14-16-30)44-36(43-34)31-19-17-29(18-20-31)32-10-8-9-28(22-32)23-39-37(42)38-5-2/h4,8-10,13-20,22,26,33-36,41H,1,5-7,11-12,21,23-25H2,2-3H3,(H2,38,39,42).